The molecule has 1 aromatic heterocycles. The number of nitrogens with zero attached hydrogens (tertiary/aromatic N) is 2. The Labute approximate surface area is 177 Å². The smallest absolute Gasteiger partial charge is 0.234 e. The SMILES string of the molecule is CCCCCCCCCCCCCCCC[n+]1ccn(C(C)C)c1CCCC. The molecule has 2 nitrogen and oxygen atoms in total. The summed E-state index contributed by atoms with van der Waals surface area (Å²) in [6.45, 7) is 10.4. The Hall–Kier alpha value is -0.790. The molecule has 0 N–H and O–H groups in total. The summed E-state index contributed by atoms with van der Waals surface area (Å²) in [5.74, 6) is 1.53. The summed E-state index contributed by atoms with van der Waals surface area (Å²) in [5, 5.41) is 0. The summed E-state index contributed by atoms with van der Waals surface area (Å²) in [5.41, 5.74) is 0. The van der Waals surface area contributed by atoms with Gasteiger partial charge in [-0.3, -0.25) is 0 Å². The third-order valence-electron chi connectivity index (χ3n) is 6.10. The Kier molecular flexibility index (Phi) is 15.4. The van der Waals surface area contributed by atoms with E-state index in [4.69, 9.17) is 0 Å². The molecule has 0 saturated heterocycles. The van der Waals surface area contributed by atoms with E-state index in [2.05, 4.69) is 49.2 Å². The normalized spacial score (nSPS) is 11.6. The van der Waals surface area contributed by atoms with E-state index in [0.29, 0.717) is 6.04 Å². The van der Waals surface area contributed by atoms with Crippen LogP contribution in [-0.2, 0) is 13.0 Å². The zero-order chi connectivity index (χ0) is 20.5. The van der Waals surface area contributed by atoms with Crippen molar-refractivity contribution in [2.24, 2.45) is 0 Å². The first-order valence-corrected chi connectivity index (χ1v) is 12.8. The molecular weight excluding hydrogens is 340 g/mol. The Morgan fingerprint density at radius 2 is 1.14 bits per heavy atom. The molecule has 0 aliphatic heterocycles. The van der Waals surface area contributed by atoms with Crippen LogP contribution in [0, 0.1) is 0 Å². The lowest BCUT2D eigenvalue weighted by Gasteiger charge is -2.07. The average Bonchev–Trinajstić information content (AvgIpc) is 3.09. The largest absolute Gasteiger partial charge is 0.256 e. The van der Waals surface area contributed by atoms with Gasteiger partial charge in [-0.2, -0.15) is 0 Å². The maximum Gasteiger partial charge on any atom is 0.256 e. The predicted octanol–water partition coefficient (Wildman–Crippen LogP) is 8.18. The van der Waals surface area contributed by atoms with Gasteiger partial charge in [0.1, 0.15) is 12.4 Å². The van der Waals surface area contributed by atoms with Gasteiger partial charge >= 0.3 is 0 Å². The lowest BCUT2D eigenvalue weighted by Crippen LogP contribution is -2.37. The molecule has 0 fully saturated rings. The van der Waals surface area contributed by atoms with Crippen LogP contribution in [0.2, 0.25) is 0 Å². The Balaban J connectivity index is 2.03. The first-order chi connectivity index (χ1) is 13.7. The van der Waals surface area contributed by atoms with Crippen molar-refractivity contribution in [1.82, 2.24) is 4.57 Å². The van der Waals surface area contributed by atoms with Crippen LogP contribution < -0.4 is 4.57 Å². The Bertz CT molecular complexity index is 461. The van der Waals surface area contributed by atoms with Gasteiger partial charge in [0, 0.05) is 6.42 Å². The molecule has 0 unspecified atom stereocenters. The van der Waals surface area contributed by atoms with Crippen molar-refractivity contribution in [2.75, 3.05) is 0 Å². The number of imidazole rings is 1. The van der Waals surface area contributed by atoms with Gasteiger partial charge in [0.25, 0.3) is 5.82 Å². The third-order valence-corrected chi connectivity index (χ3v) is 6.10. The highest BCUT2D eigenvalue weighted by atomic mass is 15.2. The summed E-state index contributed by atoms with van der Waals surface area (Å²) >= 11 is 0. The number of hydrogen-bond acceptors (Lipinski definition) is 0. The van der Waals surface area contributed by atoms with E-state index < -0.39 is 0 Å². The summed E-state index contributed by atoms with van der Waals surface area (Å²) in [6.07, 6.45) is 28.5. The van der Waals surface area contributed by atoms with E-state index in [9.17, 15) is 0 Å². The number of unbranched alkanes of at least 4 members (excludes halogenated alkanes) is 14. The lowest BCUT2D eigenvalue weighted by atomic mass is 10.0. The fraction of sp³-hybridized carbons (Fsp3) is 0.885. The predicted molar refractivity (Wildman–Crippen MR) is 124 cm³/mol. The number of rotatable bonds is 19. The summed E-state index contributed by atoms with van der Waals surface area (Å²) < 4.78 is 5.00. The van der Waals surface area contributed by atoms with Crippen LogP contribution in [0.1, 0.15) is 142 Å². The molecule has 1 rings (SSSR count). The molecule has 2 heteroatoms. The monoisotopic (exact) mass is 391 g/mol. The van der Waals surface area contributed by atoms with Crippen LogP contribution in [0.15, 0.2) is 12.4 Å². The maximum atomic E-state index is 2.52. The second-order valence-corrected chi connectivity index (χ2v) is 9.11. The second-order valence-electron chi connectivity index (χ2n) is 9.11. The van der Waals surface area contributed by atoms with Crippen molar-refractivity contribution in [3.05, 3.63) is 18.2 Å². The molecule has 0 saturated carbocycles. The highest BCUT2D eigenvalue weighted by Gasteiger charge is 2.18. The fourth-order valence-corrected chi connectivity index (χ4v) is 4.23. The Morgan fingerprint density at radius 3 is 1.61 bits per heavy atom. The summed E-state index contributed by atoms with van der Waals surface area (Å²) in [4.78, 5) is 0. The van der Waals surface area contributed by atoms with Crippen LogP contribution in [0.5, 0.6) is 0 Å². The van der Waals surface area contributed by atoms with Gasteiger partial charge in [-0.15, -0.1) is 0 Å². The zero-order valence-electron chi connectivity index (χ0n) is 19.9. The molecule has 0 amide bonds. The van der Waals surface area contributed by atoms with E-state index in [-0.39, 0.29) is 0 Å². The number of aryl methyl sites for hydroxylation is 1. The molecule has 0 aromatic carbocycles. The van der Waals surface area contributed by atoms with E-state index in [1.165, 1.54) is 122 Å². The van der Waals surface area contributed by atoms with Gasteiger partial charge in [0.2, 0.25) is 0 Å². The first kappa shape index (κ1) is 25.2. The van der Waals surface area contributed by atoms with Crippen molar-refractivity contribution in [3.63, 3.8) is 0 Å². The first-order valence-electron chi connectivity index (χ1n) is 12.8. The maximum absolute atomic E-state index is 2.52. The van der Waals surface area contributed by atoms with Gasteiger partial charge in [0.05, 0.1) is 12.6 Å². The van der Waals surface area contributed by atoms with E-state index in [0.717, 1.165) is 0 Å². The van der Waals surface area contributed by atoms with Crippen LogP contribution in [-0.4, -0.2) is 4.57 Å². The van der Waals surface area contributed by atoms with Crippen molar-refractivity contribution < 1.29 is 4.57 Å². The van der Waals surface area contributed by atoms with Crippen molar-refractivity contribution in [2.45, 2.75) is 149 Å². The highest BCUT2D eigenvalue weighted by molar-refractivity contribution is 4.86. The topological polar surface area (TPSA) is 8.81 Å². The molecule has 28 heavy (non-hydrogen) atoms. The molecule has 164 valence electrons. The van der Waals surface area contributed by atoms with Gasteiger partial charge in [-0.05, 0) is 33.1 Å². The molecule has 0 bridgehead atoms. The quantitative estimate of drug-likeness (QED) is 0.166. The standard InChI is InChI=1S/C26H51N2/c1-5-7-9-10-11-12-13-14-15-16-17-18-19-20-22-27-23-24-28(25(3)4)26(27)21-8-6-2/h23-25H,5-22H2,1-4H3/q+1. The van der Waals surface area contributed by atoms with Gasteiger partial charge in [-0.25, -0.2) is 9.13 Å². The Morgan fingerprint density at radius 1 is 0.679 bits per heavy atom. The minimum Gasteiger partial charge on any atom is -0.234 e. The lowest BCUT2D eigenvalue weighted by molar-refractivity contribution is -0.704. The molecule has 1 heterocycles. The number of hydrogen-bond donors (Lipinski definition) is 0. The van der Waals surface area contributed by atoms with Crippen molar-refractivity contribution in [1.29, 1.82) is 0 Å². The van der Waals surface area contributed by atoms with E-state index in [1.54, 1.807) is 0 Å². The van der Waals surface area contributed by atoms with Gasteiger partial charge < -0.3 is 0 Å². The minimum atomic E-state index is 0.574. The molecule has 0 radical (unpaired) electrons. The minimum absolute atomic E-state index is 0.574. The molecule has 0 aliphatic carbocycles. The van der Waals surface area contributed by atoms with E-state index >= 15 is 0 Å². The van der Waals surface area contributed by atoms with Crippen molar-refractivity contribution >= 4 is 0 Å². The molecule has 1 aromatic rings. The van der Waals surface area contributed by atoms with Crippen molar-refractivity contribution in [3.8, 4) is 0 Å². The fourth-order valence-electron chi connectivity index (χ4n) is 4.23. The molecule has 0 spiro atoms. The number of aromatic nitrogens is 2. The van der Waals surface area contributed by atoms with Gasteiger partial charge in [0.15, 0.2) is 0 Å². The van der Waals surface area contributed by atoms with Crippen LogP contribution in [0.4, 0.5) is 0 Å². The molecule has 0 aliphatic rings. The average molecular weight is 392 g/mol. The highest BCUT2D eigenvalue weighted by Crippen LogP contribution is 2.14. The molecule has 0 atom stereocenters. The summed E-state index contributed by atoms with van der Waals surface area (Å²) in [7, 11) is 0. The second kappa shape index (κ2) is 17.1. The van der Waals surface area contributed by atoms with Gasteiger partial charge in [-0.1, -0.05) is 97.3 Å². The van der Waals surface area contributed by atoms with E-state index in [1.807, 2.05) is 0 Å². The van der Waals surface area contributed by atoms with Crippen LogP contribution in [0.25, 0.3) is 0 Å². The zero-order valence-corrected chi connectivity index (χ0v) is 19.9. The van der Waals surface area contributed by atoms with Crippen LogP contribution >= 0.6 is 0 Å². The van der Waals surface area contributed by atoms with Crippen LogP contribution in [0.3, 0.4) is 0 Å². The third kappa shape index (κ3) is 11.3. The molecular formula is C26H51N2+. The summed E-state index contributed by atoms with van der Waals surface area (Å²) in [6, 6.07) is 0.574.